The number of carboxylic acid groups (broad SMARTS) is 1. The Labute approximate surface area is 64.8 Å². The Bertz CT molecular complexity index is 147. The third kappa shape index (κ3) is 6.79. The molecule has 0 aromatic carbocycles. The molecule has 0 aromatic heterocycles. The van der Waals surface area contributed by atoms with Crippen LogP contribution in [0.5, 0.6) is 0 Å². The Kier molecular flexibility index (Phi) is 5.10. The summed E-state index contributed by atoms with van der Waals surface area (Å²) < 4.78 is 0. The number of hydrogen-bond acceptors (Lipinski definition) is 3. The van der Waals surface area contributed by atoms with E-state index in [2.05, 4.69) is 10.6 Å². The van der Waals surface area contributed by atoms with E-state index in [1.165, 1.54) is 0 Å². The Morgan fingerprint density at radius 2 is 2.00 bits per heavy atom. The SMILES string of the molecule is CNCCNC(=O)CC(=O)O. The lowest BCUT2D eigenvalue weighted by Crippen LogP contribution is -2.31. The summed E-state index contributed by atoms with van der Waals surface area (Å²) in [6.07, 6.45) is -0.455. The molecule has 0 atom stereocenters. The maximum absolute atomic E-state index is 10.6. The fourth-order valence-corrected chi connectivity index (χ4v) is 0.527. The fraction of sp³-hybridized carbons (Fsp3) is 0.667. The van der Waals surface area contributed by atoms with Crippen molar-refractivity contribution in [1.29, 1.82) is 0 Å². The molecule has 0 aliphatic heterocycles. The molecule has 5 nitrogen and oxygen atoms in total. The van der Waals surface area contributed by atoms with Crippen LogP contribution in [0.25, 0.3) is 0 Å². The lowest BCUT2D eigenvalue weighted by molar-refractivity contribution is -0.140. The summed E-state index contributed by atoms with van der Waals surface area (Å²) in [5.74, 6) is -1.56. The monoisotopic (exact) mass is 160 g/mol. The molecule has 0 aliphatic carbocycles. The maximum atomic E-state index is 10.6. The molecule has 0 bridgehead atoms. The highest BCUT2D eigenvalue weighted by atomic mass is 16.4. The normalized spacial score (nSPS) is 9.18. The van der Waals surface area contributed by atoms with Gasteiger partial charge < -0.3 is 15.7 Å². The first-order chi connectivity index (χ1) is 5.16. The van der Waals surface area contributed by atoms with Gasteiger partial charge >= 0.3 is 5.97 Å². The van der Waals surface area contributed by atoms with E-state index < -0.39 is 18.3 Å². The molecule has 0 aromatic rings. The second-order valence-electron chi connectivity index (χ2n) is 2.02. The van der Waals surface area contributed by atoms with Crippen molar-refractivity contribution in [3.8, 4) is 0 Å². The zero-order chi connectivity index (χ0) is 8.69. The number of carbonyl (C=O) groups excluding carboxylic acids is 1. The number of amides is 1. The van der Waals surface area contributed by atoms with Crippen molar-refractivity contribution in [2.75, 3.05) is 20.1 Å². The van der Waals surface area contributed by atoms with Crippen molar-refractivity contribution in [3.05, 3.63) is 0 Å². The average molecular weight is 160 g/mol. The average Bonchev–Trinajstić information content (AvgIpc) is 1.86. The van der Waals surface area contributed by atoms with Crippen LogP contribution in [0.15, 0.2) is 0 Å². The molecule has 0 saturated carbocycles. The lowest BCUT2D eigenvalue weighted by Gasteiger charge is -2.01. The molecule has 0 heterocycles. The summed E-state index contributed by atoms with van der Waals surface area (Å²) >= 11 is 0. The Balaban J connectivity index is 3.30. The predicted molar refractivity (Wildman–Crippen MR) is 39.2 cm³/mol. The number of carboxylic acids is 1. The van der Waals surface area contributed by atoms with Crippen molar-refractivity contribution in [1.82, 2.24) is 10.6 Å². The van der Waals surface area contributed by atoms with Crippen LogP contribution in [-0.2, 0) is 9.59 Å². The van der Waals surface area contributed by atoms with E-state index in [-0.39, 0.29) is 0 Å². The molecule has 0 rings (SSSR count). The van der Waals surface area contributed by atoms with Crippen molar-refractivity contribution in [3.63, 3.8) is 0 Å². The van der Waals surface area contributed by atoms with Gasteiger partial charge in [-0.05, 0) is 7.05 Å². The van der Waals surface area contributed by atoms with E-state index >= 15 is 0 Å². The van der Waals surface area contributed by atoms with Crippen molar-refractivity contribution in [2.24, 2.45) is 0 Å². The van der Waals surface area contributed by atoms with Crippen LogP contribution in [0.1, 0.15) is 6.42 Å². The molecular formula is C6H12N2O3. The zero-order valence-electron chi connectivity index (χ0n) is 6.39. The van der Waals surface area contributed by atoms with Crippen LogP contribution in [0.2, 0.25) is 0 Å². The summed E-state index contributed by atoms with van der Waals surface area (Å²) in [4.78, 5) is 20.6. The third-order valence-corrected chi connectivity index (χ3v) is 1.01. The first-order valence-corrected chi connectivity index (χ1v) is 3.30. The van der Waals surface area contributed by atoms with Gasteiger partial charge in [-0.3, -0.25) is 9.59 Å². The molecule has 1 amide bonds. The number of hydrogen-bond donors (Lipinski definition) is 3. The van der Waals surface area contributed by atoms with Crippen molar-refractivity contribution < 1.29 is 14.7 Å². The minimum atomic E-state index is -1.10. The van der Waals surface area contributed by atoms with Crippen LogP contribution in [0.4, 0.5) is 0 Å². The number of likely N-dealkylation sites (N-methyl/N-ethyl adjacent to an activating group) is 1. The summed E-state index contributed by atoms with van der Waals surface area (Å²) in [5.41, 5.74) is 0. The topological polar surface area (TPSA) is 78.4 Å². The van der Waals surface area contributed by atoms with Crippen LogP contribution >= 0.6 is 0 Å². The number of carbonyl (C=O) groups is 2. The number of aliphatic carboxylic acids is 1. The maximum Gasteiger partial charge on any atom is 0.312 e. The van der Waals surface area contributed by atoms with E-state index in [1.807, 2.05) is 0 Å². The molecule has 3 N–H and O–H groups in total. The van der Waals surface area contributed by atoms with Gasteiger partial charge in [0.1, 0.15) is 6.42 Å². The van der Waals surface area contributed by atoms with Gasteiger partial charge in [0.05, 0.1) is 0 Å². The molecule has 5 heteroatoms. The van der Waals surface area contributed by atoms with Crippen LogP contribution in [0.3, 0.4) is 0 Å². The highest BCUT2D eigenvalue weighted by Crippen LogP contribution is 1.77. The van der Waals surface area contributed by atoms with Crippen molar-refractivity contribution >= 4 is 11.9 Å². The van der Waals surface area contributed by atoms with E-state index in [1.54, 1.807) is 7.05 Å². The van der Waals surface area contributed by atoms with E-state index in [9.17, 15) is 9.59 Å². The Morgan fingerprint density at radius 3 is 2.45 bits per heavy atom. The van der Waals surface area contributed by atoms with Gasteiger partial charge in [0.2, 0.25) is 5.91 Å². The molecule has 0 aliphatic rings. The quantitative estimate of drug-likeness (QED) is 0.348. The van der Waals surface area contributed by atoms with Gasteiger partial charge in [-0.2, -0.15) is 0 Å². The lowest BCUT2D eigenvalue weighted by atomic mass is 10.4. The summed E-state index contributed by atoms with van der Waals surface area (Å²) in [7, 11) is 1.75. The van der Waals surface area contributed by atoms with Gasteiger partial charge in [0, 0.05) is 13.1 Å². The smallest absolute Gasteiger partial charge is 0.312 e. The first-order valence-electron chi connectivity index (χ1n) is 3.30. The standard InChI is InChI=1S/C6H12N2O3/c1-7-2-3-8-5(9)4-6(10)11/h7H,2-4H2,1H3,(H,8,9)(H,10,11). The highest BCUT2D eigenvalue weighted by molar-refractivity contribution is 5.93. The number of rotatable bonds is 5. The fourth-order valence-electron chi connectivity index (χ4n) is 0.527. The minimum Gasteiger partial charge on any atom is -0.481 e. The molecule has 0 fully saturated rings. The van der Waals surface area contributed by atoms with Gasteiger partial charge in [0.25, 0.3) is 0 Å². The molecular weight excluding hydrogens is 148 g/mol. The van der Waals surface area contributed by atoms with Gasteiger partial charge in [-0.25, -0.2) is 0 Å². The predicted octanol–water partition coefficient (Wildman–Crippen LogP) is -1.20. The van der Waals surface area contributed by atoms with Crippen LogP contribution < -0.4 is 10.6 Å². The van der Waals surface area contributed by atoms with Crippen LogP contribution in [-0.4, -0.2) is 37.1 Å². The summed E-state index contributed by atoms with van der Waals surface area (Å²) in [5, 5.41) is 13.4. The largest absolute Gasteiger partial charge is 0.481 e. The summed E-state index contributed by atoms with van der Waals surface area (Å²) in [6.45, 7) is 1.11. The highest BCUT2D eigenvalue weighted by Gasteiger charge is 2.04. The molecule has 11 heavy (non-hydrogen) atoms. The molecule has 64 valence electrons. The number of nitrogens with one attached hydrogen (secondary N) is 2. The van der Waals surface area contributed by atoms with E-state index in [0.29, 0.717) is 13.1 Å². The van der Waals surface area contributed by atoms with Gasteiger partial charge in [-0.1, -0.05) is 0 Å². The molecule has 0 unspecified atom stereocenters. The van der Waals surface area contributed by atoms with Gasteiger partial charge in [0.15, 0.2) is 0 Å². The Morgan fingerprint density at radius 1 is 1.36 bits per heavy atom. The molecule has 0 radical (unpaired) electrons. The van der Waals surface area contributed by atoms with E-state index in [0.717, 1.165) is 0 Å². The molecule has 0 saturated heterocycles. The van der Waals surface area contributed by atoms with Crippen LogP contribution in [0, 0.1) is 0 Å². The Hall–Kier alpha value is -1.10. The summed E-state index contributed by atoms with van der Waals surface area (Å²) in [6, 6.07) is 0. The van der Waals surface area contributed by atoms with Crippen molar-refractivity contribution in [2.45, 2.75) is 6.42 Å². The molecule has 0 spiro atoms. The minimum absolute atomic E-state index is 0.451. The van der Waals surface area contributed by atoms with E-state index in [4.69, 9.17) is 5.11 Å². The third-order valence-electron chi connectivity index (χ3n) is 1.01. The second kappa shape index (κ2) is 5.67. The first kappa shape index (κ1) is 9.90. The second-order valence-corrected chi connectivity index (χ2v) is 2.02. The van der Waals surface area contributed by atoms with Gasteiger partial charge in [-0.15, -0.1) is 0 Å². The zero-order valence-corrected chi connectivity index (χ0v) is 6.39.